The van der Waals surface area contributed by atoms with Crippen LogP contribution in [0.2, 0.25) is 5.02 Å². The van der Waals surface area contributed by atoms with Crippen molar-refractivity contribution in [1.82, 2.24) is 4.90 Å². The molecule has 1 fully saturated rings. The number of nitrogen functional groups attached to an aromatic ring is 1. The summed E-state index contributed by atoms with van der Waals surface area (Å²) in [6, 6.07) is 5.00. The van der Waals surface area contributed by atoms with Gasteiger partial charge in [-0.2, -0.15) is 0 Å². The van der Waals surface area contributed by atoms with Crippen LogP contribution in [0.25, 0.3) is 0 Å². The molecule has 0 aliphatic carbocycles. The fourth-order valence-electron chi connectivity index (χ4n) is 2.38. The maximum Gasteiger partial charge on any atom is 0.254 e. The number of rotatable bonds is 1. The number of carbonyl (C=O) groups excluding carboxylic acids is 1. The lowest BCUT2D eigenvalue weighted by Crippen LogP contribution is -2.42. The molecule has 1 aliphatic heterocycles. The minimum Gasteiger partial charge on any atom is -0.399 e. The van der Waals surface area contributed by atoms with Crippen LogP contribution in [0.4, 0.5) is 5.69 Å². The molecule has 17 heavy (non-hydrogen) atoms. The van der Waals surface area contributed by atoms with E-state index in [1.165, 1.54) is 0 Å². The summed E-state index contributed by atoms with van der Waals surface area (Å²) in [4.78, 5) is 14.3. The van der Waals surface area contributed by atoms with E-state index in [1.807, 2.05) is 4.90 Å². The van der Waals surface area contributed by atoms with Crippen LogP contribution < -0.4 is 5.73 Å². The fraction of sp³-hybridized carbons (Fsp3) is 0.462. The lowest BCUT2D eigenvalue weighted by Gasteiger charge is -2.31. The first kappa shape index (κ1) is 12.2. The third-order valence-corrected chi connectivity index (χ3v) is 3.53. The van der Waals surface area contributed by atoms with Gasteiger partial charge in [0.25, 0.3) is 5.91 Å². The number of carbonyl (C=O) groups is 1. The molecule has 3 nitrogen and oxygen atoms in total. The predicted octanol–water partition coefficient (Wildman–Crippen LogP) is 2.94. The fourth-order valence-corrected chi connectivity index (χ4v) is 2.62. The molecule has 1 heterocycles. The van der Waals surface area contributed by atoms with Crippen molar-refractivity contribution in [1.29, 1.82) is 0 Å². The second kappa shape index (κ2) is 4.22. The van der Waals surface area contributed by atoms with Gasteiger partial charge in [0.2, 0.25) is 0 Å². The average molecular weight is 253 g/mol. The zero-order chi connectivity index (χ0) is 12.6. The summed E-state index contributed by atoms with van der Waals surface area (Å²) in [6.45, 7) is 4.98. The van der Waals surface area contributed by atoms with Gasteiger partial charge in [0.05, 0.1) is 0 Å². The van der Waals surface area contributed by atoms with E-state index < -0.39 is 0 Å². The Bertz CT molecular complexity index is 436. The topological polar surface area (TPSA) is 46.3 Å². The van der Waals surface area contributed by atoms with Crippen LogP contribution in [0.15, 0.2) is 18.2 Å². The van der Waals surface area contributed by atoms with Crippen molar-refractivity contribution in [3.8, 4) is 0 Å². The van der Waals surface area contributed by atoms with Crippen LogP contribution in [0.3, 0.4) is 0 Å². The minimum absolute atomic E-state index is 0.0155. The highest BCUT2D eigenvalue weighted by molar-refractivity contribution is 6.31. The second-order valence-corrected chi connectivity index (χ2v) is 5.58. The van der Waals surface area contributed by atoms with Crippen molar-refractivity contribution < 1.29 is 4.79 Å². The van der Waals surface area contributed by atoms with Crippen molar-refractivity contribution in [3.05, 3.63) is 28.8 Å². The van der Waals surface area contributed by atoms with E-state index in [0.29, 0.717) is 16.3 Å². The molecule has 0 bridgehead atoms. The lowest BCUT2D eigenvalue weighted by molar-refractivity contribution is 0.0652. The summed E-state index contributed by atoms with van der Waals surface area (Å²) in [5.41, 5.74) is 6.73. The van der Waals surface area contributed by atoms with Gasteiger partial charge in [-0.15, -0.1) is 0 Å². The molecular weight excluding hydrogens is 236 g/mol. The molecule has 1 aromatic carbocycles. The molecule has 0 atom stereocenters. The van der Waals surface area contributed by atoms with Gasteiger partial charge in [-0.25, -0.2) is 0 Å². The molecule has 0 aromatic heterocycles. The molecule has 1 aromatic rings. The first-order valence-corrected chi connectivity index (χ1v) is 6.16. The van der Waals surface area contributed by atoms with Crippen molar-refractivity contribution in [2.75, 3.05) is 12.3 Å². The summed E-state index contributed by atoms with van der Waals surface area (Å²) in [5, 5.41) is 0.505. The van der Waals surface area contributed by atoms with Crippen LogP contribution in [0, 0.1) is 0 Å². The zero-order valence-corrected chi connectivity index (χ0v) is 10.9. The number of likely N-dealkylation sites (tertiary alicyclic amines) is 1. The molecule has 0 radical (unpaired) electrons. The van der Waals surface area contributed by atoms with Crippen LogP contribution in [-0.4, -0.2) is 22.9 Å². The number of nitrogens with zero attached hydrogens (tertiary/aromatic N) is 1. The Kier molecular flexibility index (Phi) is 3.04. The Morgan fingerprint density at radius 2 is 2.12 bits per heavy atom. The third kappa shape index (κ3) is 2.39. The number of halogens is 1. The van der Waals surface area contributed by atoms with Gasteiger partial charge >= 0.3 is 0 Å². The monoisotopic (exact) mass is 252 g/mol. The van der Waals surface area contributed by atoms with Crippen LogP contribution in [0.1, 0.15) is 37.0 Å². The molecule has 2 rings (SSSR count). The lowest BCUT2D eigenvalue weighted by atomic mass is 10.0. The molecule has 1 aliphatic rings. The van der Waals surface area contributed by atoms with E-state index in [2.05, 4.69) is 13.8 Å². The van der Waals surface area contributed by atoms with Gasteiger partial charge in [-0.05, 0) is 44.9 Å². The predicted molar refractivity (Wildman–Crippen MR) is 70.2 cm³/mol. The molecule has 0 unspecified atom stereocenters. The number of hydrogen-bond acceptors (Lipinski definition) is 2. The second-order valence-electron chi connectivity index (χ2n) is 5.15. The summed E-state index contributed by atoms with van der Waals surface area (Å²) < 4.78 is 0. The minimum atomic E-state index is -0.0752. The van der Waals surface area contributed by atoms with Crippen LogP contribution >= 0.6 is 11.6 Å². The standard InChI is InChI=1S/C13H17ClN2O/c1-13(2)4-3-5-16(13)12(17)9-6-10(14)8-11(15)7-9/h6-8H,3-5,15H2,1-2H3. The third-order valence-electron chi connectivity index (χ3n) is 3.31. The average Bonchev–Trinajstić information content (AvgIpc) is 2.55. The molecule has 92 valence electrons. The van der Waals surface area contributed by atoms with Gasteiger partial charge in [0.15, 0.2) is 0 Å². The largest absolute Gasteiger partial charge is 0.399 e. The maximum atomic E-state index is 12.4. The highest BCUT2D eigenvalue weighted by Crippen LogP contribution is 2.30. The Labute approximate surface area is 107 Å². The van der Waals surface area contributed by atoms with Gasteiger partial charge in [-0.1, -0.05) is 11.6 Å². The normalized spacial score (nSPS) is 18.4. The van der Waals surface area contributed by atoms with Gasteiger partial charge < -0.3 is 10.6 Å². The summed E-state index contributed by atoms with van der Waals surface area (Å²) >= 11 is 5.92. The molecule has 4 heteroatoms. The number of hydrogen-bond donors (Lipinski definition) is 1. The zero-order valence-electron chi connectivity index (χ0n) is 10.2. The maximum absolute atomic E-state index is 12.4. The quantitative estimate of drug-likeness (QED) is 0.781. The van der Waals surface area contributed by atoms with E-state index in [1.54, 1.807) is 18.2 Å². The Morgan fingerprint density at radius 1 is 1.41 bits per heavy atom. The van der Waals surface area contributed by atoms with E-state index in [9.17, 15) is 4.79 Å². The van der Waals surface area contributed by atoms with Crippen LogP contribution in [-0.2, 0) is 0 Å². The highest BCUT2D eigenvalue weighted by Gasteiger charge is 2.35. The number of nitrogens with two attached hydrogens (primary N) is 1. The molecule has 0 spiro atoms. The van der Waals surface area contributed by atoms with E-state index in [0.717, 1.165) is 19.4 Å². The molecule has 0 saturated carbocycles. The first-order chi connectivity index (χ1) is 7.90. The highest BCUT2D eigenvalue weighted by atomic mass is 35.5. The summed E-state index contributed by atoms with van der Waals surface area (Å²) in [5.74, 6) is 0.0155. The molecule has 1 amide bonds. The Hall–Kier alpha value is -1.22. The summed E-state index contributed by atoms with van der Waals surface area (Å²) in [7, 11) is 0. The van der Waals surface area contributed by atoms with Gasteiger partial charge in [0.1, 0.15) is 0 Å². The molecule has 1 saturated heterocycles. The van der Waals surface area contributed by atoms with Crippen molar-refractivity contribution in [2.45, 2.75) is 32.2 Å². The van der Waals surface area contributed by atoms with Crippen molar-refractivity contribution in [2.24, 2.45) is 0 Å². The van der Waals surface area contributed by atoms with Crippen molar-refractivity contribution >= 4 is 23.2 Å². The van der Waals surface area contributed by atoms with Gasteiger partial charge in [-0.3, -0.25) is 4.79 Å². The van der Waals surface area contributed by atoms with E-state index in [-0.39, 0.29) is 11.4 Å². The molecule has 2 N–H and O–H groups in total. The molecular formula is C13H17ClN2O. The Morgan fingerprint density at radius 3 is 2.65 bits per heavy atom. The number of amides is 1. The van der Waals surface area contributed by atoms with Gasteiger partial charge in [0, 0.05) is 28.4 Å². The first-order valence-electron chi connectivity index (χ1n) is 5.78. The number of benzene rings is 1. The van der Waals surface area contributed by atoms with E-state index in [4.69, 9.17) is 17.3 Å². The SMILES string of the molecule is CC1(C)CCCN1C(=O)c1cc(N)cc(Cl)c1. The number of anilines is 1. The van der Waals surface area contributed by atoms with E-state index >= 15 is 0 Å². The Balaban J connectivity index is 2.31. The smallest absolute Gasteiger partial charge is 0.254 e. The summed E-state index contributed by atoms with van der Waals surface area (Å²) in [6.07, 6.45) is 2.09. The van der Waals surface area contributed by atoms with Crippen molar-refractivity contribution in [3.63, 3.8) is 0 Å². The van der Waals surface area contributed by atoms with Crippen LogP contribution in [0.5, 0.6) is 0 Å².